The van der Waals surface area contributed by atoms with Gasteiger partial charge in [0.25, 0.3) is 0 Å². The number of nitrogens with zero attached hydrogens (tertiary/aromatic N) is 7. The van der Waals surface area contributed by atoms with E-state index >= 15 is 0 Å². The second-order valence-electron chi connectivity index (χ2n) is 6.47. The molecule has 0 atom stereocenters. The number of rotatable bonds is 9. The fraction of sp³-hybridized carbons (Fsp3) is 0.300. The summed E-state index contributed by atoms with van der Waals surface area (Å²) < 4.78 is 8.21. The van der Waals surface area contributed by atoms with Crippen molar-refractivity contribution in [1.29, 1.82) is 0 Å². The molecule has 0 unspecified atom stereocenters. The van der Waals surface area contributed by atoms with Crippen molar-refractivity contribution in [2.24, 2.45) is 5.11 Å². The molecule has 0 aliphatic carbocycles. The first-order valence-electron chi connectivity index (χ1n) is 9.45. The van der Waals surface area contributed by atoms with Crippen LogP contribution in [-0.4, -0.2) is 38.7 Å². The summed E-state index contributed by atoms with van der Waals surface area (Å²) in [5.74, 6) is -0.285. The molecule has 0 spiro atoms. The van der Waals surface area contributed by atoms with Crippen LogP contribution in [0.1, 0.15) is 23.7 Å². The Bertz CT molecular complexity index is 1130. The van der Waals surface area contributed by atoms with E-state index in [2.05, 4.69) is 20.2 Å². The Labute approximate surface area is 172 Å². The highest BCUT2D eigenvalue weighted by molar-refractivity contribution is 5.72. The lowest BCUT2D eigenvalue weighted by molar-refractivity contribution is -0.142. The molecule has 0 amide bonds. The van der Waals surface area contributed by atoms with E-state index in [1.807, 2.05) is 24.3 Å². The van der Waals surface area contributed by atoms with Crippen molar-refractivity contribution in [3.05, 3.63) is 86.4 Å². The lowest BCUT2D eigenvalue weighted by atomic mass is 10.0. The molecule has 2 heterocycles. The lowest BCUT2D eigenvalue weighted by Gasteiger charge is -2.07. The number of esters is 1. The van der Waals surface area contributed by atoms with Gasteiger partial charge < -0.3 is 4.74 Å². The maximum atomic E-state index is 12.3. The van der Waals surface area contributed by atoms with Gasteiger partial charge in [-0.25, -0.2) is 4.68 Å². The van der Waals surface area contributed by atoms with Crippen molar-refractivity contribution in [2.75, 3.05) is 13.2 Å². The van der Waals surface area contributed by atoms with Crippen LogP contribution >= 0.6 is 0 Å². The van der Waals surface area contributed by atoms with Gasteiger partial charge in [0.05, 0.1) is 25.4 Å². The zero-order valence-electron chi connectivity index (χ0n) is 16.5. The third kappa shape index (κ3) is 5.55. The normalized spacial score (nSPS) is 10.4. The number of carbonyl (C=O) groups excluding carboxylic acids is 1. The fourth-order valence-electron chi connectivity index (χ4n) is 2.92. The quantitative estimate of drug-likeness (QED) is 0.233. The number of benzene rings is 1. The van der Waals surface area contributed by atoms with Gasteiger partial charge >= 0.3 is 5.97 Å². The highest BCUT2D eigenvalue weighted by Crippen LogP contribution is 2.11. The first kappa shape index (κ1) is 20.8. The lowest BCUT2D eigenvalue weighted by Crippen LogP contribution is -2.16. The predicted molar refractivity (Wildman–Crippen MR) is 109 cm³/mol. The van der Waals surface area contributed by atoms with Crippen molar-refractivity contribution in [3.8, 4) is 5.69 Å². The smallest absolute Gasteiger partial charge is 0.310 e. The van der Waals surface area contributed by atoms with E-state index in [-0.39, 0.29) is 17.8 Å². The van der Waals surface area contributed by atoms with Gasteiger partial charge in [-0.05, 0) is 23.6 Å². The van der Waals surface area contributed by atoms with Crippen molar-refractivity contribution >= 4 is 5.97 Å². The molecule has 154 valence electrons. The number of aromatic nitrogens is 4. The molecule has 0 bridgehead atoms. The summed E-state index contributed by atoms with van der Waals surface area (Å²) in [6.07, 6.45) is 5.48. The van der Waals surface area contributed by atoms with Crippen molar-refractivity contribution in [3.63, 3.8) is 0 Å². The third-order valence-corrected chi connectivity index (χ3v) is 4.27. The molecule has 3 rings (SSSR count). The Morgan fingerprint density at radius 2 is 2.13 bits per heavy atom. The maximum Gasteiger partial charge on any atom is 0.310 e. The van der Waals surface area contributed by atoms with Gasteiger partial charge in [0.15, 0.2) is 0 Å². The van der Waals surface area contributed by atoms with Crippen LogP contribution in [0.4, 0.5) is 0 Å². The van der Waals surface area contributed by atoms with Gasteiger partial charge in [-0.15, -0.1) is 0 Å². The number of ether oxygens (including phenoxy) is 1. The molecule has 0 fully saturated rings. The fourth-order valence-corrected chi connectivity index (χ4v) is 2.92. The number of carbonyl (C=O) groups is 1. The van der Waals surface area contributed by atoms with Gasteiger partial charge in [0.2, 0.25) is 5.43 Å². The Kier molecular flexibility index (Phi) is 6.96. The number of azide groups is 1. The van der Waals surface area contributed by atoms with Crippen LogP contribution in [0, 0.1) is 0 Å². The first-order valence-corrected chi connectivity index (χ1v) is 9.45. The van der Waals surface area contributed by atoms with E-state index in [1.165, 1.54) is 6.07 Å². The van der Waals surface area contributed by atoms with Gasteiger partial charge in [0, 0.05) is 36.7 Å². The second-order valence-corrected chi connectivity index (χ2v) is 6.47. The highest BCUT2D eigenvalue weighted by atomic mass is 16.5. The molecule has 0 radical (unpaired) electrons. The van der Waals surface area contributed by atoms with E-state index in [0.717, 1.165) is 11.1 Å². The van der Waals surface area contributed by atoms with Gasteiger partial charge in [-0.3, -0.25) is 14.3 Å². The van der Waals surface area contributed by atoms with Gasteiger partial charge in [0.1, 0.15) is 11.4 Å². The third-order valence-electron chi connectivity index (χ3n) is 4.27. The molecule has 10 nitrogen and oxygen atoms in total. The van der Waals surface area contributed by atoms with E-state index in [0.29, 0.717) is 37.5 Å². The van der Waals surface area contributed by atoms with Gasteiger partial charge in [-0.2, -0.15) is 10.2 Å². The van der Waals surface area contributed by atoms with E-state index < -0.39 is 0 Å². The average molecular weight is 407 g/mol. The Morgan fingerprint density at radius 3 is 2.93 bits per heavy atom. The van der Waals surface area contributed by atoms with Crippen LogP contribution in [0.15, 0.2) is 58.8 Å². The molecule has 3 aromatic rings. The minimum atomic E-state index is -0.285. The summed E-state index contributed by atoms with van der Waals surface area (Å²) in [7, 11) is 0. The van der Waals surface area contributed by atoms with Crippen LogP contribution in [0.2, 0.25) is 0 Å². The van der Waals surface area contributed by atoms with Crippen LogP contribution in [0.5, 0.6) is 0 Å². The molecular formula is C20H21N7O3. The minimum absolute atomic E-state index is 0.169. The molecule has 0 aliphatic rings. The maximum absolute atomic E-state index is 12.3. The highest BCUT2D eigenvalue weighted by Gasteiger charge is 2.09. The Morgan fingerprint density at radius 1 is 1.30 bits per heavy atom. The molecular weight excluding hydrogens is 386 g/mol. The van der Waals surface area contributed by atoms with Crippen molar-refractivity contribution < 1.29 is 9.53 Å². The Hall–Kier alpha value is -3.91. The summed E-state index contributed by atoms with van der Waals surface area (Å²) in [6.45, 7) is 2.85. The number of hydrogen-bond donors (Lipinski definition) is 0. The standard InChI is InChI=1S/C20H21N7O3/c1-2-30-20(29)12-16-5-3-4-15(10-16)11-18-19(28)6-8-27(24-18)17-13-23-26(14-17)9-7-22-25-21/h3-6,8,10,13-14H,2,7,9,11-12H2,1H3. The zero-order chi connectivity index (χ0) is 21.3. The topological polar surface area (TPSA) is 128 Å². The Balaban J connectivity index is 1.77. The van der Waals surface area contributed by atoms with Crippen molar-refractivity contribution in [1.82, 2.24) is 19.6 Å². The first-order chi connectivity index (χ1) is 14.6. The predicted octanol–water partition coefficient (Wildman–Crippen LogP) is 2.44. The van der Waals surface area contributed by atoms with Crippen LogP contribution in [-0.2, 0) is 28.9 Å². The molecule has 0 saturated heterocycles. The molecule has 30 heavy (non-hydrogen) atoms. The SMILES string of the molecule is CCOC(=O)Cc1cccc(Cc2nn(-c3cnn(CCN=[N+]=[N-])c3)ccc2=O)c1. The van der Waals surface area contributed by atoms with Crippen molar-refractivity contribution in [2.45, 2.75) is 26.3 Å². The molecule has 1 aromatic carbocycles. The summed E-state index contributed by atoms with van der Waals surface area (Å²) in [4.78, 5) is 26.7. The molecule has 10 heteroatoms. The zero-order valence-corrected chi connectivity index (χ0v) is 16.5. The summed E-state index contributed by atoms with van der Waals surface area (Å²) in [5.41, 5.74) is 11.0. The summed E-state index contributed by atoms with van der Waals surface area (Å²) >= 11 is 0. The molecule has 2 aromatic heterocycles. The van der Waals surface area contributed by atoms with E-state index in [1.54, 1.807) is 34.9 Å². The largest absolute Gasteiger partial charge is 0.466 e. The molecule has 0 aliphatic heterocycles. The minimum Gasteiger partial charge on any atom is -0.466 e. The van der Waals surface area contributed by atoms with Gasteiger partial charge in [-0.1, -0.05) is 29.4 Å². The average Bonchev–Trinajstić information content (AvgIpc) is 3.19. The van der Waals surface area contributed by atoms with E-state index in [4.69, 9.17) is 10.3 Å². The second kappa shape index (κ2) is 10.0. The summed E-state index contributed by atoms with van der Waals surface area (Å²) in [6, 6.07) is 8.92. The molecule has 0 N–H and O–H groups in total. The monoisotopic (exact) mass is 407 g/mol. The van der Waals surface area contributed by atoms with Crippen LogP contribution in [0.25, 0.3) is 16.1 Å². The molecule has 0 saturated carbocycles. The van der Waals surface area contributed by atoms with E-state index in [9.17, 15) is 9.59 Å². The van der Waals surface area contributed by atoms with Crippen LogP contribution in [0.3, 0.4) is 0 Å². The summed E-state index contributed by atoms with van der Waals surface area (Å²) in [5, 5.41) is 12.1. The van der Waals surface area contributed by atoms with Crippen LogP contribution < -0.4 is 5.43 Å². The number of hydrogen-bond acceptors (Lipinski definition) is 6.